The Morgan fingerprint density at radius 1 is 1.21 bits per heavy atom. The monoisotopic (exact) mass is 272 g/mol. The van der Waals surface area contributed by atoms with Gasteiger partial charge in [0, 0.05) is 24.2 Å². The van der Waals surface area contributed by atoms with Crippen LogP contribution in [0.2, 0.25) is 5.02 Å². The van der Waals surface area contributed by atoms with Gasteiger partial charge in [0.15, 0.2) is 11.5 Å². The fourth-order valence-electron chi connectivity index (χ4n) is 1.98. The number of hydrogen-bond acceptors (Lipinski definition) is 3. The second kappa shape index (κ2) is 4.99. The average Bonchev–Trinajstić information content (AvgIpc) is 2.82. The number of nitrogens with zero attached hydrogens (tertiary/aromatic N) is 3. The highest BCUT2D eigenvalue weighted by atomic mass is 35.5. The zero-order valence-corrected chi connectivity index (χ0v) is 11.0. The minimum absolute atomic E-state index is 0.503. The number of nitrogens with two attached hydrogens (primary N) is 1. The Kier molecular flexibility index (Phi) is 3.19. The number of hydrogen-bond donors (Lipinski definition) is 1. The Balaban J connectivity index is 1.95. The van der Waals surface area contributed by atoms with E-state index in [2.05, 4.69) is 10.1 Å². The molecule has 0 saturated heterocycles. The van der Waals surface area contributed by atoms with Crippen molar-refractivity contribution in [2.45, 2.75) is 13.0 Å². The fourth-order valence-corrected chi connectivity index (χ4v) is 2.19. The molecule has 0 bridgehead atoms. The molecule has 0 fully saturated rings. The molecule has 0 unspecified atom stereocenters. The van der Waals surface area contributed by atoms with Gasteiger partial charge in [0.05, 0.1) is 0 Å². The first-order valence-corrected chi connectivity index (χ1v) is 6.42. The first kappa shape index (κ1) is 12.1. The van der Waals surface area contributed by atoms with Gasteiger partial charge in [0.2, 0.25) is 0 Å². The highest BCUT2D eigenvalue weighted by molar-refractivity contribution is 6.31. The standard InChI is InChI=1S/C14H13ClN4/c15-12-4-2-1-3-11(12)8-13-17-14-7-10(9-16)5-6-19(14)18-13/h1-7H,8-9,16H2. The third-order valence-corrected chi connectivity index (χ3v) is 3.36. The number of halogens is 1. The predicted octanol–water partition coefficient (Wildman–Crippen LogP) is 2.43. The predicted molar refractivity (Wildman–Crippen MR) is 75.1 cm³/mol. The zero-order valence-electron chi connectivity index (χ0n) is 10.3. The van der Waals surface area contributed by atoms with Gasteiger partial charge in [-0.05, 0) is 29.3 Å². The minimum atomic E-state index is 0.503. The molecule has 3 aromatic rings. The molecule has 0 atom stereocenters. The van der Waals surface area contributed by atoms with Crippen LogP contribution in [0.25, 0.3) is 5.65 Å². The van der Waals surface area contributed by atoms with Gasteiger partial charge in [-0.1, -0.05) is 29.8 Å². The minimum Gasteiger partial charge on any atom is -0.326 e. The van der Waals surface area contributed by atoms with Crippen LogP contribution in [0.15, 0.2) is 42.6 Å². The van der Waals surface area contributed by atoms with Crippen molar-refractivity contribution < 1.29 is 0 Å². The van der Waals surface area contributed by atoms with Gasteiger partial charge in [-0.15, -0.1) is 0 Å². The summed E-state index contributed by atoms with van der Waals surface area (Å²) in [4.78, 5) is 4.50. The van der Waals surface area contributed by atoms with Crippen molar-refractivity contribution in [1.29, 1.82) is 0 Å². The van der Waals surface area contributed by atoms with E-state index in [1.807, 2.05) is 42.6 Å². The summed E-state index contributed by atoms with van der Waals surface area (Å²) in [7, 11) is 0. The molecule has 0 aliphatic carbocycles. The van der Waals surface area contributed by atoms with E-state index >= 15 is 0 Å². The van der Waals surface area contributed by atoms with Gasteiger partial charge in [0.25, 0.3) is 0 Å². The van der Waals surface area contributed by atoms with E-state index in [1.165, 1.54) is 0 Å². The summed E-state index contributed by atoms with van der Waals surface area (Å²) in [5, 5.41) is 5.17. The van der Waals surface area contributed by atoms with Crippen molar-refractivity contribution in [2.75, 3.05) is 0 Å². The smallest absolute Gasteiger partial charge is 0.156 e. The average molecular weight is 273 g/mol. The van der Waals surface area contributed by atoms with Gasteiger partial charge < -0.3 is 5.73 Å². The third-order valence-electron chi connectivity index (χ3n) is 2.99. The molecule has 2 aromatic heterocycles. The molecule has 4 nitrogen and oxygen atoms in total. The maximum absolute atomic E-state index is 6.14. The van der Waals surface area contributed by atoms with Crippen molar-refractivity contribution in [1.82, 2.24) is 14.6 Å². The summed E-state index contributed by atoms with van der Waals surface area (Å²) in [6.07, 6.45) is 2.50. The number of rotatable bonds is 3. The Morgan fingerprint density at radius 2 is 2.05 bits per heavy atom. The van der Waals surface area contributed by atoms with Crippen molar-refractivity contribution in [3.63, 3.8) is 0 Å². The molecule has 2 N–H and O–H groups in total. The molecule has 2 heterocycles. The lowest BCUT2D eigenvalue weighted by Gasteiger charge is -1.99. The number of fused-ring (bicyclic) bond motifs is 1. The van der Waals surface area contributed by atoms with Gasteiger partial charge >= 0.3 is 0 Å². The van der Waals surface area contributed by atoms with Crippen LogP contribution in [-0.2, 0) is 13.0 Å². The SMILES string of the molecule is NCc1ccn2nc(Cc3ccccc3Cl)nc2c1. The van der Waals surface area contributed by atoms with Gasteiger partial charge in [0.1, 0.15) is 0 Å². The second-order valence-corrected chi connectivity index (χ2v) is 4.75. The molecule has 1 aromatic carbocycles. The fraction of sp³-hybridized carbons (Fsp3) is 0.143. The van der Waals surface area contributed by atoms with Crippen LogP contribution in [-0.4, -0.2) is 14.6 Å². The highest BCUT2D eigenvalue weighted by Crippen LogP contribution is 2.18. The second-order valence-electron chi connectivity index (χ2n) is 4.34. The van der Waals surface area contributed by atoms with Gasteiger partial charge in [-0.3, -0.25) is 0 Å². The number of pyridine rings is 1. The van der Waals surface area contributed by atoms with E-state index < -0.39 is 0 Å². The molecular weight excluding hydrogens is 260 g/mol. The number of aromatic nitrogens is 3. The lowest BCUT2D eigenvalue weighted by molar-refractivity contribution is 0.895. The molecule has 0 radical (unpaired) electrons. The van der Waals surface area contributed by atoms with Crippen LogP contribution in [0.5, 0.6) is 0 Å². The lowest BCUT2D eigenvalue weighted by atomic mass is 10.1. The van der Waals surface area contributed by atoms with Crippen LogP contribution >= 0.6 is 11.6 Å². The van der Waals surface area contributed by atoms with E-state index in [-0.39, 0.29) is 0 Å². The lowest BCUT2D eigenvalue weighted by Crippen LogP contribution is -1.97. The van der Waals surface area contributed by atoms with Crippen LogP contribution in [0.3, 0.4) is 0 Å². The van der Waals surface area contributed by atoms with Crippen LogP contribution in [0, 0.1) is 0 Å². The summed E-state index contributed by atoms with van der Waals surface area (Å²) in [6.45, 7) is 0.503. The van der Waals surface area contributed by atoms with Gasteiger partial charge in [-0.2, -0.15) is 5.10 Å². The van der Waals surface area contributed by atoms with Crippen molar-refractivity contribution in [3.8, 4) is 0 Å². The topological polar surface area (TPSA) is 56.2 Å². The molecule has 0 saturated carbocycles. The van der Waals surface area contributed by atoms with Crippen molar-refractivity contribution in [2.24, 2.45) is 5.73 Å². The summed E-state index contributed by atoms with van der Waals surface area (Å²) >= 11 is 6.14. The molecule has 0 aliphatic rings. The van der Waals surface area contributed by atoms with E-state index in [0.29, 0.717) is 13.0 Å². The van der Waals surface area contributed by atoms with Crippen molar-refractivity contribution in [3.05, 3.63) is 64.6 Å². The van der Waals surface area contributed by atoms with Crippen LogP contribution in [0.4, 0.5) is 0 Å². The molecule has 0 spiro atoms. The maximum atomic E-state index is 6.14. The zero-order chi connectivity index (χ0) is 13.2. The summed E-state index contributed by atoms with van der Waals surface area (Å²) < 4.78 is 1.76. The Hall–Kier alpha value is -1.91. The maximum Gasteiger partial charge on any atom is 0.156 e. The van der Waals surface area contributed by atoms with Crippen molar-refractivity contribution >= 4 is 17.2 Å². The van der Waals surface area contributed by atoms with E-state index in [4.69, 9.17) is 17.3 Å². The third kappa shape index (κ3) is 2.45. The van der Waals surface area contributed by atoms with E-state index in [9.17, 15) is 0 Å². The Bertz CT molecular complexity index is 720. The number of benzene rings is 1. The van der Waals surface area contributed by atoms with E-state index in [1.54, 1.807) is 4.52 Å². The molecule has 19 heavy (non-hydrogen) atoms. The Labute approximate surface area is 115 Å². The quantitative estimate of drug-likeness (QED) is 0.797. The largest absolute Gasteiger partial charge is 0.326 e. The highest BCUT2D eigenvalue weighted by Gasteiger charge is 2.07. The van der Waals surface area contributed by atoms with E-state index in [0.717, 1.165) is 27.6 Å². The van der Waals surface area contributed by atoms with Gasteiger partial charge in [-0.25, -0.2) is 9.50 Å². The van der Waals surface area contributed by atoms with Crippen LogP contribution in [0.1, 0.15) is 17.0 Å². The first-order valence-electron chi connectivity index (χ1n) is 6.04. The first-order chi connectivity index (χ1) is 9.26. The molecule has 96 valence electrons. The molecule has 0 aliphatic heterocycles. The molecular formula is C14H13ClN4. The van der Waals surface area contributed by atoms with Crippen LogP contribution < -0.4 is 5.73 Å². The summed E-state index contributed by atoms with van der Waals surface area (Å²) in [5.41, 5.74) is 8.50. The Morgan fingerprint density at radius 3 is 2.84 bits per heavy atom. The molecule has 3 rings (SSSR count). The molecule has 0 amide bonds. The summed E-state index contributed by atoms with van der Waals surface area (Å²) in [6, 6.07) is 11.6. The molecule has 5 heteroatoms. The summed E-state index contributed by atoms with van der Waals surface area (Å²) in [5.74, 6) is 0.752. The normalized spacial score (nSPS) is 11.1.